The zero-order valence-corrected chi connectivity index (χ0v) is 18.2. The standard InChI is InChI=1S/C21H19N9OS/c1-12-7-3-5-9-14(12)23-19-25-16(24-18(22)26-19)11-32-21-28-27-20-29(2)17(31)13-8-4-6-10-15(13)30(20)21/h3-10H,11H2,1-2H3,(H3,22,23,24,25,26). The average Bonchev–Trinajstić information content (AvgIpc) is 3.22. The van der Waals surface area contributed by atoms with Crippen LogP contribution in [0.1, 0.15) is 11.4 Å². The van der Waals surface area contributed by atoms with E-state index in [0.29, 0.717) is 33.8 Å². The molecule has 0 aliphatic heterocycles. The van der Waals surface area contributed by atoms with Gasteiger partial charge in [-0.05, 0) is 30.7 Å². The number of anilines is 3. The lowest BCUT2D eigenvalue weighted by Gasteiger charge is -2.09. The molecule has 32 heavy (non-hydrogen) atoms. The minimum Gasteiger partial charge on any atom is -0.368 e. The first kappa shape index (κ1) is 19.9. The number of nitrogens with two attached hydrogens (primary N) is 1. The van der Waals surface area contributed by atoms with Crippen LogP contribution < -0.4 is 16.6 Å². The Labute approximate surface area is 186 Å². The second kappa shape index (κ2) is 7.93. The number of nitrogen functional groups attached to an aromatic ring is 1. The van der Waals surface area contributed by atoms with E-state index in [1.54, 1.807) is 13.1 Å². The van der Waals surface area contributed by atoms with Crippen molar-refractivity contribution in [2.75, 3.05) is 11.1 Å². The van der Waals surface area contributed by atoms with Crippen molar-refractivity contribution in [1.82, 2.24) is 34.1 Å². The smallest absolute Gasteiger partial charge is 0.262 e. The van der Waals surface area contributed by atoms with Crippen molar-refractivity contribution in [2.24, 2.45) is 7.05 Å². The lowest BCUT2D eigenvalue weighted by atomic mass is 10.2. The van der Waals surface area contributed by atoms with Gasteiger partial charge in [-0.3, -0.25) is 13.8 Å². The predicted octanol–water partition coefficient (Wildman–Crippen LogP) is 2.69. The van der Waals surface area contributed by atoms with Crippen molar-refractivity contribution in [1.29, 1.82) is 0 Å². The molecule has 2 aromatic carbocycles. The third kappa shape index (κ3) is 3.52. The number of para-hydroxylation sites is 2. The zero-order chi connectivity index (χ0) is 22.2. The van der Waals surface area contributed by atoms with Gasteiger partial charge in [0, 0.05) is 12.7 Å². The minimum atomic E-state index is -0.116. The first-order chi connectivity index (χ1) is 15.5. The van der Waals surface area contributed by atoms with Crippen LogP contribution in [0, 0.1) is 6.92 Å². The highest BCUT2D eigenvalue weighted by Crippen LogP contribution is 2.24. The molecule has 10 nitrogen and oxygen atoms in total. The fraction of sp³-hybridized carbons (Fsp3) is 0.143. The van der Waals surface area contributed by atoms with E-state index in [1.165, 1.54) is 16.3 Å². The molecule has 0 aliphatic carbocycles. The molecule has 11 heteroatoms. The van der Waals surface area contributed by atoms with Crippen molar-refractivity contribution >= 4 is 46.0 Å². The van der Waals surface area contributed by atoms with Crippen LogP contribution in [0.3, 0.4) is 0 Å². The first-order valence-corrected chi connectivity index (χ1v) is 10.8. The van der Waals surface area contributed by atoms with Crippen LogP contribution in [-0.2, 0) is 12.8 Å². The molecule has 3 aromatic heterocycles. The summed E-state index contributed by atoms with van der Waals surface area (Å²) in [6.07, 6.45) is 0. The number of nitrogens with one attached hydrogen (secondary N) is 1. The van der Waals surface area contributed by atoms with Crippen LogP contribution in [0.4, 0.5) is 17.6 Å². The summed E-state index contributed by atoms with van der Waals surface area (Å²) in [5, 5.41) is 12.9. The summed E-state index contributed by atoms with van der Waals surface area (Å²) in [6, 6.07) is 15.2. The van der Waals surface area contributed by atoms with Crippen LogP contribution in [0.5, 0.6) is 0 Å². The predicted molar refractivity (Wildman–Crippen MR) is 124 cm³/mol. The van der Waals surface area contributed by atoms with E-state index in [4.69, 9.17) is 5.73 Å². The Balaban J connectivity index is 1.47. The lowest BCUT2D eigenvalue weighted by Crippen LogP contribution is -2.20. The fourth-order valence-electron chi connectivity index (χ4n) is 3.43. The van der Waals surface area contributed by atoms with Crippen LogP contribution in [-0.4, -0.2) is 34.1 Å². The summed E-state index contributed by atoms with van der Waals surface area (Å²) in [5.74, 6) is 1.87. The molecule has 0 radical (unpaired) electrons. The van der Waals surface area contributed by atoms with Crippen molar-refractivity contribution < 1.29 is 0 Å². The summed E-state index contributed by atoms with van der Waals surface area (Å²) >= 11 is 1.40. The SMILES string of the molecule is Cc1ccccc1Nc1nc(N)nc(CSc2nnc3n(C)c(=O)c4ccccc4n23)n1. The monoisotopic (exact) mass is 445 g/mol. The van der Waals surface area contributed by atoms with Gasteiger partial charge in [0.1, 0.15) is 5.82 Å². The fourth-order valence-corrected chi connectivity index (χ4v) is 4.22. The number of rotatable bonds is 5. The van der Waals surface area contributed by atoms with Gasteiger partial charge in [-0.2, -0.15) is 15.0 Å². The van der Waals surface area contributed by atoms with E-state index in [2.05, 4.69) is 30.5 Å². The zero-order valence-electron chi connectivity index (χ0n) is 17.4. The maximum Gasteiger partial charge on any atom is 0.262 e. The number of benzene rings is 2. The molecule has 0 unspecified atom stereocenters. The maximum absolute atomic E-state index is 12.6. The van der Waals surface area contributed by atoms with Gasteiger partial charge in [0.05, 0.1) is 16.7 Å². The van der Waals surface area contributed by atoms with E-state index >= 15 is 0 Å². The van der Waals surface area contributed by atoms with Gasteiger partial charge in [0.2, 0.25) is 17.7 Å². The number of nitrogens with zero attached hydrogens (tertiary/aromatic N) is 7. The quantitative estimate of drug-likeness (QED) is 0.392. The Morgan fingerprint density at radius 3 is 2.66 bits per heavy atom. The van der Waals surface area contributed by atoms with E-state index in [0.717, 1.165) is 16.8 Å². The van der Waals surface area contributed by atoms with Gasteiger partial charge >= 0.3 is 0 Å². The highest BCUT2D eigenvalue weighted by Gasteiger charge is 2.16. The van der Waals surface area contributed by atoms with Gasteiger partial charge in [-0.25, -0.2) is 0 Å². The van der Waals surface area contributed by atoms with E-state index in [-0.39, 0.29) is 11.5 Å². The second-order valence-corrected chi connectivity index (χ2v) is 8.10. The Morgan fingerprint density at radius 2 is 1.81 bits per heavy atom. The highest BCUT2D eigenvalue weighted by molar-refractivity contribution is 7.98. The third-order valence-electron chi connectivity index (χ3n) is 5.02. The van der Waals surface area contributed by atoms with Gasteiger partial charge in [-0.1, -0.05) is 42.1 Å². The summed E-state index contributed by atoms with van der Waals surface area (Å²) in [7, 11) is 1.68. The summed E-state index contributed by atoms with van der Waals surface area (Å²) in [6.45, 7) is 2.00. The molecule has 0 spiro atoms. The molecule has 0 aliphatic rings. The molecule has 5 rings (SSSR count). The second-order valence-electron chi connectivity index (χ2n) is 7.16. The molecule has 3 N–H and O–H groups in total. The molecular weight excluding hydrogens is 426 g/mol. The van der Waals surface area contributed by atoms with Crippen molar-refractivity contribution in [3.05, 3.63) is 70.3 Å². The van der Waals surface area contributed by atoms with Gasteiger partial charge in [0.15, 0.2) is 5.16 Å². The Bertz CT molecular complexity index is 1530. The molecule has 0 fully saturated rings. The first-order valence-electron chi connectivity index (χ1n) is 9.80. The Kier molecular flexibility index (Phi) is 4.94. The number of fused-ring (bicyclic) bond motifs is 3. The van der Waals surface area contributed by atoms with Gasteiger partial charge in [-0.15, -0.1) is 10.2 Å². The Hall–Kier alpha value is -3.99. The summed E-state index contributed by atoms with van der Waals surface area (Å²) in [5.41, 5.74) is 8.51. The van der Waals surface area contributed by atoms with E-state index in [9.17, 15) is 4.79 Å². The normalized spacial score (nSPS) is 11.3. The van der Waals surface area contributed by atoms with Gasteiger partial charge < -0.3 is 11.1 Å². The summed E-state index contributed by atoms with van der Waals surface area (Å²) < 4.78 is 3.35. The number of aromatic nitrogens is 7. The number of thioether (sulfide) groups is 1. The minimum absolute atomic E-state index is 0.116. The maximum atomic E-state index is 12.6. The topological polar surface area (TPSA) is 129 Å². The van der Waals surface area contributed by atoms with Crippen LogP contribution in [0.2, 0.25) is 0 Å². The van der Waals surface area contributed by atoms with Crippen LogP contribution in [0.15, 0.2) is 58.5 Å². The van der Waals surface area contributed by atoms with Crippen LogP contribution >= 0.6 is 11.8 Å². The molecule has 0 atom stereocenters. The highest BCUT2D eigenvalue weighted by atomic mass is 32.2. The third-order valence-corrected chi connectivity index (χ3v) is 5.94. The van der Waals surface area contributed by atoms with Crippen molar-refractivity contribution in [2.45, 2.75) is 17.8 Å². The number of hydrogen-bond donors (Lipinski definition) is 2. The van der Waals surface area contributed by atoms with E-state index in [1.807, 2.05) is 53.8 Å². The molecule has 160 valence electrons. The molecule has 0 saturated carbocycles. The molecular formula is C21H19N9OS. The number of hydrogen-bond acceptors (Lipinski definition) is 9. The summed E-state index contributed by atoms with van der Waals surface area (Å²) in [4.78, 5) is 25.5. The number of aryl methyl sites for hydroxylation is 2. The lowest BCUT2D eigenvalue weighted by molar-refractivity contribution is 0.853. The van der Waals surface area contributed by atoms with Crippen LogP contribution in [0.25, 0.3) is 16.7 Å². The largest absolute Gasteiger partial charge is 0.368 e. The molecule has 0 bridgehead atoms. The van der Waals surface area contributed by atoms with Gasteiger partial charge in [0.25, 0.3) is 5.56 Å². The Morgan fingerprint density at radius 1 is 1.03 bits per heavy atom. The van der Waals surface area contributed by atoms with Crippen molar-refractivity contribution in [3.63, 3.8) is 0 Å². The molecule has 0 saturated heterocycles. The molecule has 3 heterocycles. The molecule has 5 aromatic rings. The molecule has 0 amide bonds. The van der Waals surface area contributed by atoms with Crippen molar-refractivity contribution in [3.8, 4) is 0 Å². The average molecular weight is 446 g/mol. The van der Waals surface area contributed by atoms with E-state index < -0.39 is 0 Å².